The molecule has 3 nitrogen and oxygen atoms in total. The number of hydrogen-bond donors (Lipinski definition) is 1. The zero-order chi connectivity index (χ0) is 17.2. The van der Waals surface area contributed by atoms with Crippen molar-refractivity contribution in [3.8, 4) is 16.9 Å². The van der Waals surface area contributed by atoms with Crippen molar-refractivity contribution in [2.75, 3.05) is 11.9 Å². The molecule has 0 saturated heterocycles. The van der Waals surface area contributed by atoms with Gasteiger partial charge >= 0.3 is 0 Å². The van der Waals surface area contributed by atoms with E-state index in [1.807, 2.05) is 24.3 Å². The van der Waals surface area contributed by atoms with Crippen LogP contribution in [-0.4, -0.2) is 12.5 Å². The van der Waals surface area contributed by atoms with Crippen molar-refractivity contribution in [2.45, 2.75) is 6.42 Å². The largest absolute Gasteiger partial charge is 0.482 e. The molecule has 1 N–H and O–H groups in total. The maximum absolute atomic E-state index is 12.1. The molecule has 0 fully saturated rings. The lowest BCUT2D eigenvalue weighted by Gasteiger charge is -2.10. The van der Waals surface area contributed by atoms with E-state index in [0.717, 1.165) is 12.1 Å². The second-order valence-electron chi connectivity index (χ2n) is 5.97. The quantitative estimate of drug-likeness (QED) is 0.567. The third-order valence-corrected chi connectivity index (χ3v) is 4.59. The normalized spacial score (nSPS) is 11.6. The molecule has 0 radical (unpaired) electrons. The summed E-state index contributed by atoms with van der Waals surface area (Å²) in [6.45, 7) is -0.0823. The number of amides is 1. The topological polar surface area (TPSA) is 38.3 Å². The lowest BCUT2D eigenvalue weighted by Crippen LogP contribution is -2.20. The van der Waals surface area contributed by atoms with Crippen molar-refractivity contribution in [2.24, 2.45) is 0 Å². The molecule has 0 bridgehead atoms. The van der Waals surface area contributed by atoms with Gasteiger partial charge in [-0.3, -0.25) is 4.79 Å². The number of halogens is 1. The van der Waals surface area contributed by atoms with Gasteiger partial charge in [-0.25, -0.2) is 0 Å². The third-order valence-electron chi connectivity index (χ3n) is 4.27. The lowest BCUT2D eigenvalue weighted by molar-refractivity contribution is -0.118. The predicted octanol–water partition coefficient (Wildman–Crippen LogP) is 4.93. The van der Waals surface area contributed by atoms with Gasteiger partial charge in [0.1, 0.15) is 5.75 Å². The first kappa shape index (κ1) is 15.7. The second kappa shape index (κ2) is 6.61. The van der Waals surface area contributed by atoms with Crippen molar-refractivity contribution >= 4 is 23.2 Å². The molecule has 0 aliphatic heterocycles. The Morgan fingerprint density at radius 3 is 2.60 bits per heavy atom. The summed E-state index contributed by atoms with van der Waals surface area (Å²) < 4.78 is 5.47. The van der Waals surface area contributed by atoms with Gasteiger partial charge < -0.3 is 10.1 Å². The number of ether oxygens (including phenoxy) is 1. The number of rotatable bonds is 4. The smallest absolute Gasteiger partial charge is 0.262 e. The maximum Gasteiger partial charge on any atom is 0.262 e. The minimum absolute atomic E-state index is 0.0823. The fourth-order valence-corrected chi connectivity index (χ4v) is 3.32. The van der Waals surface area contributed by atoms with Gasteiger partial charge in [-0.1, -0.05) is 54.1 Å². The molecule has 0 unspecified atom stereocenters. The zero-order valence-corrected chi connectivity index (χ0v) is 14.2. The molecule has 0 aromatic heterocycles. The summed E-state index contributed by atoms with van der Waals surface area (Å²) in [6.07, 6.45) is 0.894. The van der Waals surface area contributed by atoms with Crippen molar-refractivity contribution in [1.82, 2.24) is 0 Å². The van der Waals surface area contributed by atoms with Gasteiger partial charge in [-0.15, -0.1) is 0 Å². The summed E-state index contributed by atoms with van der Waals surface area (Å²) in [5, 5.41) is 3.37. The van der Waals surface area contributed by atoms with E-state index in [2.05, 4.69) is 35.6 Å². The number of carbonyl (C=O) groups is 1. The standard InChI is InChI=1S/C21H16ClNO2/c22-19-7-3-4-8-20(19)25-13-21(24)23-16-9-10-18-15(12-16)11-14-5-1-2-6-17(14)18/h1-10,12H,11,13H2,(H,23,24). The Balaban J connectivity index is 1.43. The fraction of sp³-hybridized carbons (Fsp3) is 0.0952. The van der Waals surface area contributed by atoms with Crippen molar-refractivity contribution in [1.29, 1.82) is 0 Å². The monoisotopic (exact) mass is 349 g/mol. The molecule has 124 valence electrons. The molecule has 1 aliphatic rings. The highest BCUT2D eigenvalue weighted by atomic mass is 35.5. The highest BCUT2D eigenvalue weighted by Crippen LogP contribution is 2.37. The molecule has 0 heterocycles. The first-order chi connectivity index (χ1) is 12.2. The summed E-state index contributed by atoms with van der Waals surface area (Å²) >= 11 is 6.02. The average molecular weight is 350 g/mol. The molecule has 25 heavy (non-hydrogen) atoms. The van der Waals surface area contributed by atoms with Gasteiger partial charge in [0, 0.05) is 5.69 Å². The number of anilines is 1. The summed E-state index contributed by atoms with van der Waals surface area (Å²) in [5.41, 5.74) is 5.84. The number of carbonyl (C=O) groups excluding carboxylic acids is 1. The molecule has 4 heteroatoms. The van der Waals surface area contributed by atoms with Gasteiger partial charge in [0.25, 0.3) is 5.91 Å². The first-order valence-corrected chi connectivity index (χ1v) is 8.47. The minimum Gasteiger partial charge on any atom is -0.482 e. The van der Waals surface area contributed by atoms with Crippen LogP contribution in [0.1, 0.15) is 11.1 Å². The Labute approximate surface area is 151 Å². The van der Waals surface area contributed by atoms with Gasteiger partial charge in [-0.2, -0.15) is 0 Å². The van der Waals surface area contributed by atoms with E-state index in [1.165, 1.54) is 22.3 Å². The van der Waals surface area contributed by atoms with E-state index in [0.29, 0.717) is 10.8 Å². The number of nitrogens with one attached hydrogen (secondary N) is 1. The number of benzene rings is 3. The fourth-order valence-electron chi connectivity index (χ4n) is 3.13. The Kier molecular flexibility index (Phi) is 4.16. The predicted molar refractivity (Wildman–Crippen MR) is 100 cm³/mol. The van der Waals surface area contributed by atoms with Crippen molar-refractivity contribution < 1.29 is 9.53 Å². The molecular formula is C21H16ClNO2. The van der Waals surface area contributed by atoms with Crippen LogP contribution in [0.5, 0.6) is 5.75 Å². The molecule has 3 aromatic rings. The van der Waals surface area contributed by atoms with Crippen LogP contribution in [0.15, 0.2) is 66.7 Å². The van der Waals surface area contributed by atoms with Gasteiger partial charge in [-0.05, 0) is 52.9 Å². The van der Waals surface area contributed by atoms with Gasteiger partial charge in [0.05, 0.1) is 5.02 Å². The van der Waals surface area contributed by atoms with Crippen LogP contribution < -0.4 is 10.1 Å². The van der Waals surface area contributed by atoms with Crippen molar-refractivity contribution in [3.63, 3.8) is 0 Å². The highest BCUT2D eigenvalue weighted by Gasteiger charge is 2.18. The minimum atomic E-state index is -0.213. The highest BCUT2D eigenvalue weighted by molar-refractivity contribution is 6.32. The van der Waals surface area contributed by atoms with Crippen LogP contribution in [0.2, 0.25) is 5.02 Å². The van der Waals surface area contributed by atoms with Crippen LogP contribution in [0, 0.1) is 0 Å². The number of fused-ring (bicyclic) bond motifs is 3. The first-order valence-electron chi connectivity index (χ1n) is 8.09. The van der Waals surface area contributed by atoms with Crippen LogP contribution in [0.25, 0.3) is 11.1 Å². The molecule has 1 aliphatic carbocycles. The van der Waals surface area contributed by atoms with E-state index in [1.54, 1.807) is 12.1 Å². The molecular weight excluding hydrogens is 334 g/mol. The number of para-hydroxylation sites is 1. The van der Waals surface area contributed by atoms with E-state index in [9.17, 15) is 4.79 Å². The number of hydrogen-bond acceptors (Lipinski definition) is 2. The molecule has 4 rings (SSSR count). The molecule has 0 spiro atoms. The Morgan fingerprint density at radius 1 is 0.960 bits per heavy atom. The molecule has 0 saturated carbocycles. The van der Waals surface area contributed by atoms with Gasteiger partial charge in [0.2, 0.25) is 0 Å². The second-order valence-corrected chi connectivity index (χ2v) is 6.38. The summed E-state index contributed by atoms with van der Waals surface area (Å²) in [6, 6.07) is 21.5. The SMILES string of the molecule is O=C(COc1ccccc1Cl)Nc1ccc2c(c1)Cc1ccccc1-2. The van der Waals surface area contributed by atoms with Gasteiger partial charge in [0.15, 0.2) is 6.61 Å². The Morgan fingerprint density at radius 2 is 1.72 bits per heavy atom. The maximum atomic E-state index is 12.1. The van der Waals surface area contributed by atoms with Crippen LogP contribution >= 0.6 is 11.6 Å². The molecule has 3 aromatic carbocycles. The van der Waals surface area contributed by atoms with E-state index < -0.39 is 0 Å². The Hall–Kier alpha value is -2.78. The van der Waals surface area contributed by atoms with Crippen LogP contribution in [-0.2, 0) is 11.2 Å². The van der Waals surface area contributed by atoms with Crippen LogP contribution in [0.3, 0.4) is 0 Å². The average Bonchev–Trinajstić information content (AvgIpc) is 2.99. The van der Waals surface area contributed by atoms with E-state index in [-0.39, 0.29) is 12.5 Å². The summed E-state index contributed by atoms with van der Waals surface area (Å²) in [4.78, 5) is 12.1. The zero-order valence-electron chi connectivity index (χ0n) is 13.5. The molecule has 1 amide bonds. The third kappa shape index (κ3) is 3.24. The van der Waals surface area contributed by atoms with E-state index in [4.69, 9.17) is 16.3 Å². The molecule has 0 atom stereocenters. The summed E-state index contributed by atoms with van der Waals surface area (Å²) in [5.74, 6) is 0.291. The lowest BCUT2D eigenvalue weighted by atomic mass is 10.1. The Bertz CT molecular complexity index is 952. The van der Waals surface area contributed by atoms with Crippen molar-refractivity contribution in [3.05, 3.63) is 82.9 Å². The summed E-state index contributed by atoms with van der Waals surface area (Å²) in [7, 11) is 0. The van der Waals surface area contributed by atoms with Crippen LogP contribution in [0.4, 0.5) is 5.69 Å². The van der Waals surface area contributed by atoms with E-state index >= 15 is 0 Å².